The third kappa shape index (κ3) is 4.38. The van der Waals surface area contributed by atoms with Crippen molar-refractivity contribution in [2.75, 3.05) is 20.3 Å². The van der Waals surface area contributed by atoms with Gasteiger partial charge < -0.3 is 19.3 Å². The summed E-state index contributed by atoms with van der Waals surface area (Å²) in [5.74, 6) is -4.91. The predicted molar refractivity (Wildman–Crippen MR) is 104 cm³/mol. The highest BCUT2D eigenvalue weighted by Crippen LogP contribution is 2.49. The molecule has 0 aliphatic heterocycles. The van der Waals surface area contributed by atoms with Crippen LogP contribution >= 0.6 is 15.9 Å². The Balaban J connectivity index is 2.73. The van der Waals surface area contributed by atoms with E-state index in [1.165, 1.54) is 14.0 Å². The van der Waals surface area contributed by atoms with Crippen LogP contribution in [0.15, 0.2) is 22.7 Å². The molecular weight excluding hydrogens is 432 g/mol. The highest BCUT2D eigenvalue weighted by Gasteiger charge is 2.57. The molecule has 2 rings (SSSR count). The lowest BCUT2D eigenvalue weighted by Gasteiger charge is -2.43. The number of halogens is 1. The number of hydrogen-bond donors (Lipinski definition) is 1. The smallest absolute Gasteiger partial charge is 0.317 e. The van der Waals surface area contributed by atoms with Crippen LogP contribution in [-0.4, -0.2) is 48.8 Å². The molecular formula is C20H25BrO7. The normalized spacial score (nSPS) is 27.2. The summed E-state index contributed by atoms with van der Waals surface area (Å²) in [5, 5.41) is 11.0. The molecule has 154 valence electrons. The summed E-state index contributed by atoms with van der Waals surface area (Å²) >= 11 is 3.38. The summed E-state index contributed by atoms with van der Waals surface area (Å²) in [6.45, 7) is 4.89. The van der Waals surface area contributed by atoms with E-state index in [0.717, 1.165) is 0 Å². The molecule has 0 radical (unpaired) electrons. The lowest BCUT2D eigenvalue weighted by Crippen LogP contribution is -2.55. The Kier molecular flexibility index (Phi) is 7.22. The van der Waals surface area contributed by atoms with Gasteiger partial charge in [-0.05, 0) is 39.0 Å². The van der Waals surface area contributed by atoms with Crippen LogP contribution in [0.5, 0.6) is 5.75 Å². The fourth-order valence-electron chi connectivity index (χ4n) is 3.82. The summed E-state index contributed by atoms with van der Waals surface area (Å²) in [5.41, 5.74) is -1.24. The van der Waals surface area contributed by atoms with Gasteiger partial charge in [-0.25, -0.2) is 0 Å². The minimum absolute atomic E-state index is 0.0887. The first-order chi connectivity index (χ1) is 13.2. The van der Waals surface area contributed by atoms with E-state index in [1.807, 2.05) is 0 Å². The van der Waals surface area contributed by atoms with Crippen LogP contribution in [0.2, 0.25) is 0 Å². The number of Topliss-reactive ketones (excluding diaryl/α,β-unsaturated/α-hetero) is 1. The van der Waals surface area contributed by atoms with Gasteiger partial charge >= 0.3 is 11.9 Å². The van der Waals surface area contributed by atoms with Gasteiger partial charge in [0.05, 0.1) is 31.8 Å². The second kappa shape index (κ2) is 9.05. The summed E-state index contributed by atoms with van der Waals surface area (Å²) in [4.78, 5) is 38.4. The van der Waals surface area contributed by atoms with Crippen molar-refractivity contribution in [1.29, 1.82) is 0 Å². The lowest BCUT2D eigenvalue weighted by atomic mass is 9.61. The van der Waals surface area contributed by atoms with Crippen LogP contribution in [0.25, 0.3) is 0 Å². The van der Waals surface area contributed by atoms with Gasteiger partial charge in [0.25, 0.3) is 0 Å². The highest BCUT2D eigenvalue weighted by atomic mass is 79.9. The van der Waals surface area contributed by atoms with Gasteiger partial charge in [-0.2, -0.15) is 0 Å². The highest BCUT2D eigenvalue weighted by molar-refractivity contribution is 9.10. The largest absolute Gasteiger partial charge is 0.496 e. The molecule has 0 amide bonds. The topological polar surface area (TPSA) is 99.1 Å². The quantitative estimate of drug-likeness (QED) is 0.518. The van der Waals surface area contributed by atoms with Crippen LogP contribution in [0, 0.1) is 11.8 Å². The Morgan fingerprint density at radius 1 is 1.21 bits per heavy atom. The van der Waals surface area contributed by atoms with E-state index < -0.39 is 41.1 Å². The van der Waals surface area contributed by atoms with Crippen molar-refractivity contribution >= 4 is 33.7 Å². The zero-order valence-corrected chi connectivity index (χ0v) is 17.9. The van der Waals surface area contributed by atoms with Crippen LogP contribution < -0.4 is 4.74 Å². The van der Waals surface area contributed by atoms with Gasteiger partial charge in [-0.15, -0.1) is 0 Å². The maximum absolute atomic E-state index is 12.9. The minimum Gasteiger partial charge on any atom is -0.496 e. The molecule has 0 bridgehead atoms. The summed E-state index contributed by atoms with van der Waals surface area (Å²) in [7, 11) is 1.45. The molecule has 1 fully saturated rings. The first-order valence-corrected chi connectivity index (χ1v) is 9.89. The van der Waals surface area contributed by atoms with E-state index in [-0.39, 0.29) is 19.6 Å². The number of hydrogen-bond acceptors (Lipinski definition) is 7. The van der Waals surface area contributed by atoms with Crippen molar-refractivity contribution in [1.82, 2.24) is 0 Å². The fourth-order valence-corrected chi connectivity index (χ4v) is 4.20. The molecule has 0 unspecified atom stereocenters. The van der Waals surface area contributed by atoms with Crippen LogP contribution in [0.3, 0.4) is 0 Å². The molecule has 0 heterocycles. The van der Waals surface area contributed by atoms with E-state index in [4.69, 9.17) is 14.2 Å². The van der Waals surface area contributed by atoms with Crippen molar-refractivity contribution in [3.63, 3.8) is 0 Å². The molecule has 0 aromatic heterocycles. The lowest BCUT2D eigenvalue weighted by molar-refractivity contribution is -0.172. The average Bonchev–Trinajstić information content (AvgIpc) is 2.60. The van der Waals surface area contributed by atoms with E-state index in [0.29, 0.717) is 15.8 Å². The number of ketones is 1. The van der Waals surface area contributed by atoms with Crippen molar-refractivity contribution in [3.8, 4) is 5.75 Å². The second-order valence-corrected chi connectivity index (χ2v) is 7.79. The van der Waals surface area contributed by atoms with Gasteiger partial charge in [0.2, 0.25) is 0 Å². The Morgan fingerprint density at radius 2 is 1.82 bits per heavy atom. The molecule has 28 heavy (non-hydrogen) atoms. The number of esters is 2. The Bertz CT molecular complexity index is 759. The van der Waals surface area contributed by atoms with E-state index in [1.54, 1.807) is 32.0 Å². The zero-order valence-electron chi connectivity index (χ0n) is 16.4. The Morgan fingerprint density at radius 3 is 2.39 bits per heavy atom. The maximum Gasteiger partial charge on any atom is 0.317 e. The molecule has 1 aromatic carbocycles. The standard InChI is InChI=1S/C20H25BrO7/c1-5-27-18(23)16-13(22)10-20(3,25)17(19(24)28-6-2)15(16)12-9-11(21)7-8-14(12)26-4/h7-9,15-17,25H,5-6,10H2,1-4H3/t15-,16+,17-,20-/m0/s1. The van der Waals surface area contributed by atoms with Crippen molar-refractivity contribution in [3.05, 3.63) is 28.2 Å². The molecule has 1 aliphatic carbocycles. The third-order valence-corrected chi connectivity index (χ3v) is 5.39. The number of carbonyl (C=O) groups is 3. The molecule has 0 spiro atoms. The van der Waals surface area contributed by atoms with Crippen LogP contribution in [0.1, 0.15) is 38.7 Å². The van der Waals surface area contributed by atoms with Gasteiger partial charge in [-0.3, -0.25) is 14.4 Å². The monoisotopic (exact) mass is 456 g/mol. The molecule has 1 N–H and O–H groups in total. The van der Waals surface area contributed by atoms with E-state index in [9.17, 15) is 19.5 Å². The van der Waals surface area contributed by atoms with Gasteiger partial charge in [0.15, 0.2) is 5.78 Å². The van der Waals surface area contributed by atoms with E-state index >= 15 is 0 Å². The number of ether oxygens (including phenoxy) is 3. The Labute approximate surface area is 172 Å². The average molecular weight is 457 g/mol. The van der Waals surface area contributed by atoms with Crippen LogP contribution in [-0.2, 0) is 23.9 Å². The minimum atomic E-state index is -1.69. The number of benzene rings is 1. The van der Waals surface area contributed by atoms with Crippen molar-refractivity contribution in [2.24, 2.45) is 11.8 Å². The third-order valence-electron chi connectivity index (χ3n) is 4.90. The Hall–Kier alpha value is -1.93. The second-order valence-electron chi connectivity index (χ2n) is 6.87. The molecule has 1 aromatic rings. The number of carbonyl (C=O) groups excluding carboxylic acids is 3. The molecule has 0 saturated heterocycles. The molecule has 8 heteroatoms. The van der Waals surface area contributed by atoms with Gasteiger partial charge in [0, 0.05) is 22.4 Å². The first kappa shape index (κ1) is 22.4. The van der Waals surface area contributed by atoms with Gasteiger partial charge in [-0.1, -0.05) is 15.9 Å². The number of rotatable bonds is 6. The molecule has 1 saturated carbocycles. The van der Waals surface area contributed by atoms with Crippen LogP contribution in [0.4, 0.5) is 0 Å². The zero-order chi connectivity index (χ0) is 21.1. The first-order valence-electron chi connectivity index (χ1n) is 9.09. The molecule has 7 nitrogen and oxygen atoms in total. The van der Waals surface area contributed by atoms with Crippen molar-refractivity contribution in [2.45, 2.75) is 38.7 Å². The van der Waals surface area contributed by atoms with Gasteiger partial charge in [0.1, 0.15) is 11.7 Å². The fraction of sp³-hybridized carbons (Fsp3) is 0.550. The van der Waals surface area contributed by atoms with Crippen molar-refractivity contribution < 1.29 is 33.7 Å². The van der Waals surface area contributed by atoms with E-state index in [2.05, 4.69) is 15.9 Å². The number of methoxy groups -OCH3 is 1. The SMILES string of the molecule is CCOC(=O)[C@@H]1C(=O)C[C@](C)(O)[C@H](C(=O)OCC)[C@H]1c1cc(Br)ccc1OC. The summed E-state index contributed by atoms with van der Waals surface area (Å²) < 4.78 is 16.4. The molecule has 4 atom stereocenters. The maximum atomic E-state index is 12.9. The summed E-state index contributed by atoms with van der Waals surface area (Å²) in [6, 6.07) is 5.08. The summed E-state index contributed by atoms with van der Waals surface area (Å²) in [6.07, 6.45) is -0.354. The predicted octanol–water partition coefficient (Wildman–Crippen LogP) is 2.62. The molecule has 1 aliphatic rings. The number of aliphatic hydroxyl groups is 1.